The van der Waals surface area contributed by atoms with Crippen molar-refractivity contribution in [3.8, 4) is 6.07 Å². The molecular weight excluding hydrogens is 362 g/mol. The van der Waals surface area contributed by atoms with Gasteiger partial charge in [0.05, 0.1) is 35.2 Å². The third kappa shape index (κ3) is 4.07. The van der Waals surface area contributed by atoms with Crippen molar-refractivity contribution in [2.45, 2.75) is 31.6 Å². The molecule has 4 atom stereocenters. The van der Waals surface area contributed by atoms with Gasteiger partial charge in [0, 0.05) is 12.5 Å². The summed E-state index contributed by atoms with van der Waals surface area (Å²) >= 11 is 0. The maximum Gasteiger partial charge on any atom is 0.222 e. The SMILES string of the molecule is Cc1nc(N)nc(N[C@@H]2C[C@H](CO)[C@@H](O)[C@H]2O)c1N=Nc1cccc(C#N)c1. The quantitative estimate of drug-likeness (QED) is 0.478. The Morgan fingerprint density at radius 2 is 2.07 bits per heavy atom. The number of azo groups is 1. The first kappa shape index (κ1) is 19.6. The van der Waals surface area contributed by atoms with Gasteiger partial charge >= 0.3 is 0 Å². The second-order valence-corrected chi connectivity index (χ2v) is 6.64. The average Bonchev–Trinajstić information content (AvgIpc) is 2.95. The fraction of sp³-hybridized carbons (Fsp3) is 0.389. The number of hydrogen-bond donors (Lipinski definition) is 5. The third-order valence-corrected chi connectivity index (χ3v) is 4.67. The minimum absolute atomic E-state index is 0.0252. The van der Waals surface area contributed by atoms with Gasteiger partial charge in [0.2, 0.25) is 5.95 Å². The van der Waals surface area contributed by atoms with Gasteiger partial charge in [-0.2, -0.15) is 15.4 Å². The Morgan fingerprint density at radius 1 is 1.29 bits per heavy atom. The van der Waals surface area contributed by atoms with Gasteiger partial charge in [0.25, 0.3) is 0 Å². The molecule has 1 saturated carbocycles. The zero-order valence-electron chi connectivity index (χ0n) is 15.2. The number of nitrogen functional groups attached to an aromatic ring is 1. The topological polar surface area (TPSA) is 173 Å². The normalized spacial score (nSPS) is 24.4. The van der Waals surface area contributed by atoms with Crippen LogP contribution in [-0.4, -0.2) is 50.1 Å². The Balaban J connectivity index is 1.90. The van der Waals surface area contributed by atoms with Crippen LogP contribution in [0.3, 0.4) is 0 Å². The van der Waals surface area contributed by atoms with E-state index in [9.17, 15) is 15.3 Å². The van der Waals surface area contributed by atoms with Crippen molar-refractivity contribution in [2.75, 3.05) is 17.7 Å². The molecule has 0 radical (unpaired) electrons. The van der Waals surface area contributed by atoms with E-state index in [-0.39, 0.29) is 18.4 Å². The molecule has 0 amide bonds. The highest BCUT2D eigenvalue weighted by atomic mass is 16.3. The second-order valence-electron chi connectivity index (χ2n) is 6.64. The van der Waals surface area contributed by atoms with E-state index in [2.05, 4.69) is 25.5 Å². The number of aromatic nitrogens is 2. The summed E-state index contributed by atoms with van der Waals surface area (Å²) in [6, 6.07) is 8.14. The van der Waals surface area contributed by atoms with E-state index in [1.54, 1.807) is 31.2 Å². The molecule has 0 unspecified atom stereocenters. The number of benzene rings is 1. The van der Waals surface area contributed by atoms with Gasteiger partial charge in [-0.3, -0.25) is 0 Å². The monoisotopic (exact) mass is 383 g/mol. The van der Waals surface area contributed by atoms with Gasteiger partial charge in [-0.25, -0.2) is 4.98 Å². The number of nitrogens with one attached hydrogen (secondary N) is 1. The zero-order chi connectivity index (χ0) is 20.3. The van der Waals surface area contributed by atoms with Gasteiger partial charge < -0.3 is 26.4 Å². The summed E-state index contributed by atoms with van der Waals surface area (Å²) in [5, 5.41) is 49.9. The molecule has 0 saturated heterocycles. The highest BCUT2D eigenvalue weighted by Gasteiger charge is 2.41. The van der Waals surface area contributed by atoms with E-state index >= 15 is 0 Å². The Hall–Kier alpha value is -3.13. The van der Waals surface area contributed by atoms with Crippen molar-refractivity contribution in [1.82, 2.24) is 9.97 Å². The number of rotatable bonds is 5. The maximum atomic E-state index is 10.2. The number of anilines is 2. The van der Waals surface area contributed by atoms with Crippen LogP contribution in [0.2, 0.25) is 0 Å². The lowest BCUT2D eigenvalue weighted by molar-refractivity contribution is 0.00446. The lowest BCUT2D eigenvalue weighted by Crippen LogP contribution is -2.35. The van der Waals surface area contributed by atoms with Gasteiger partial charge in [-0.15, -0.1) is 5.11 Å². The van der Waals surface area contributed by atoms with Crippen molar-refractivity contribution < 1.29 is 15.3 Å². The number of aryl methyl sites for hydroxylation is 1. The minimum Gasteiger partial charge on any atom is -0.396 e. The first-order valence-electron chi connectivity index (χ1n) is 8.72. The van der Waals surface area contributed by atoms with Crippen LogP contribution in [0.4, 0.5) is 23.1 Å². The molecule has 10 nitrogen and oxygen atoms in total. The summed E-state index contributed by atoms with van der Waals surface area (Å²) in [4.78, 5) is 8.24. The number of nitrogens with two attached hydrogens (primary N) is 1. The average molecular weight is 383 g/mol. The molecule has 1 aliphatic carbocycles. The highest BCUT2D eigenvalue weighted by Crippen LogP contribution is 2.34. The first-order valence-corrected chi connectivity index (χ1v) is 8.72. The minimum atomic E-state index is -1.08. The first-order chi connectivity index (χ1) is 13.4. The number of aliphatic hydroxyl groups is 3. The van der Waals surface area contributed by atoms with Gasteiger partial charge in [-0.1, -0.05) is 6.07 Å². The molecule has 1 aromatic carbocycles. The summed E-state index contributed by atoms with van der Waals surface area (Å²) in [7, 11) is 0. The molecule has 0 bridgehead atoms. The Morgan fingerprint density at radius 3 is 2.75 bits per heavy atom. The predicted octanol–water partition coefficient (Wildman–Crippen LogP) is 1.17. The molecule has 3 rings (SSSR count). The Kier molecular flexibility index (Phi) is 5.79. The smallest absolute Gasteiger partial charge is 0.222 e. The molecule has 28 heavy (non-hydrogen) atoms. The Bertz CT molecular complexity index is 928. The molecule has 1 fully saturated rings. The van der Waals surface area contributed by atoms with Crippen molar-refractivity contribution >= 4 is 23.1 Å². The van der Waals surface area contributed by atoms with Gasteiger partial charge in [0.15, 0.2) is 5.82 Å². The molecule has 146 valence electrons. The fourth-order valence-electron chi connectivity index (χ4n) is 3.18. The number of aliphatic hydroxyl groups excluding tert-OH is 3. The zero-order valence-corrected chi connectivity index (χ0v) is 15.2. The molecule has 2 aromatic rings. The van der Waals surface area contributed by atoms with Crippen molar-refractivity contribution in [2.24, 2.45) is 16.1 Å². The molecule has 0 aliphatic heterocycles. The van der Waals surface area contributed by atoms with Crippen LogP contribution in [0.5, 0.6) is 0 Å². The lowest BCUT2D eigenvalue weighted by atomic mass is 10.1. The third-order valence-electron chi connectivity index (χ3n) is 4.67. The van der Waals surface area contributed by atoms with Gasteiger partial charge in [-0.05, 0) is 31.5 Å². The summed E-state index contributed by atoms with van der Waals surface area (Å²) in [6.45, 7) is 1.46. The van der Waals surface area contributed by atoms with Crippen LogP contribution < -0.4 is 11.1 Å². The number of nitriles is 1. The van der Waals surface area contributed by atoms with Gasteiger partial charge in [0.1, 0.15) is 11.8 Å². The summed E-state index contributed by atoms with van der Waals surface area (Å²) in [6.07, 6.45) is -1.77. The molecule has 1 aromatic heterocycles. The fourth-order valence-corrected chi connectivity index (χ4v) is 3.18. The van der Waals surface area contributed by atoms with Crippen LogP contribution in [-0.2, 0) is 0 Å². The second kappa shape index (κ2) is 8.26. The van der Waals surface area contributed by atoms with Crippen LogP contribution >= 0.6 is 0 Å². The molecule has 0 spiro atoms. The standard InChI is InChI=1S/C18H21N7O3/c1-9-14(25-24-12-4-2-3-10(5-12)7-19)17(23-18(20)21-9)22-13-6-11(8-26)15(27)16(13)28/h2-5,11,13,15-16,26-28H,6,8H2,1H3,(H3,20,21,22,23)/t11-,13-,15-,16+/m1/s1. The van der Waals surface area contributed by atoms with E-state index in [1.807, 2.05) is 6.07 Å². The molecule has 1 aliphatic rings. The predicted molar refractivity (Wildman–Crippen MR) is 101 cm³/mol. The van der Waals surface area contributed by atoms with E-state index in [0.717, 1.165) is 0 Å². The van der Waals surface area contributed by atoms with Crippen molar-refractivity contribution in [3.05, 3.63) is 35.5 Å². The van der Waals surface area contributed by atoms with E-state index < -0.39 is 24.2 Å². The lowest BCUT2D eigenvalue weighted by Gasteiger charge is -2.19. The van der Waals surface area contributed by atoms with Crippen molar-refractivity contribution in [3.63, 3.8) is 0 Å². The maximum absolute atomic E-state index is 10.2. The summed E-state index contributed by atoms with van der Waals surface area (Å²) < 4.78 is 0. The number of nitrogens with zero attached hydrogens (tertiary/aromatic N) is 5. The van der Waals surface area contributed by atoms with Crippen LogP contribution in [0.15, 0.2) is 34.5 Å². The summed E-state index contributed by atoms with van der Waals surface area (Å²) in [5.74, 6) is -0.149. The number of hydrogen-bond acceptors (Lipinski definition) is 10. The van der Waals surface area contributed by atoms with Crippen LogP contribution in [0, 0.1) is 24.2 Å². The van der Waals surface area contributed by atoms with Crippen LogP contribution in [0.1, 0.15) is 17.7 Å². The highest BCUT2D eigenvalue weighted by molar-refractivity contribution is 5.65. The van der Waals surface area contributed by atoms with E-state index in [1.165, 1.54) is 0 Å². The molecular formula is C18H21N7O3. The summed E-state index contributed by atoms with van der Waals surface area (Å²) in [5.41, 5.74) is 7.48. The largest absolute Gasteiger partial charge is 0.396 e. The molecule has 10 heteroatoms. The van der Waals surface area contributed by atoms with E-state index in [4.69, 9.17) is 11.0 Å². The van der Waals surface area contributed by atoms with Crippen molar-refractivity contribution in [1.29, 1.82) is 5.26 Å². The molecule has 1 heterocycles. The van der Waals surface area contributed by atoms with E-state index in [0.29, 0.717) is 29.1 Å². The Labute approximate surface area is 161 Å². The van der Waals surface area contributed by atoms with Crippen LogP contribution in [0.25, 0.3) is 0 Å². The molecule has 6 N–H and O–H groups in total.